The predicted molar refractivity (Wildman–Crippen MR) is 102 cm³/mol. The highest BCUT2D eigenvalue weighted by molar-refractivity contribution is 7.22. The fraction of sp³-hybridized carbons (Fsp3) is 0.263. The first-order valence-corrected chi connectivity index (χ1v) is 8.96. The van der Waals surface area contributed by atoms with Gasteiger partial charge in [0.1, 0.15) is 0 Å². The number of carbonyl (C=O) groups is 1. The van der Waals surface area contributed by atoms with E-state index in [9.17, 15) is 4.79 Å². The zero-order valence-electron chi connectivity index (χ0n) is 14.2. The molecule has 3 rings (SSSR count). The van der Waals surface area contributed by atoms with E-state index in [-0.39, 0.29) is 5.91 Å². The van der Waals surface area contributed by atoms with E-state index < -0.39 is 0 Å². The average Bonchev–Trinajstić information content (AvgIpc) is 2.97. The number of rotatable bonds is 5. The molecule has 0 aliphatic rings. The lowest BCUT2D eigenvalue weighted by Crippen LogP contribution is -2.21. The van der Waals surface area contributed by atoms with Crippen LogP contribution in [0.1, 0.15) is 29.8 Å². The molecule has 5 heteroatoms. The van der Waals surface area contributed by atoms with Gasteiger partial charge in [0.05, 0.1) is 10.2 Å². The lowest BCUT2D eigenvalue weighted by Gasteiger charge is -2.20. The zero-order chi connectivity index (χ0) is 17.1. The number of nitrogens with one attached hydrogen (secondary N) is 1. The smallest absolute Gasteiger partial charge is 0.257 e. The van der Waals surface area contributed by atoms with Gasteiger partial charge in [0.15, 0.2) is 5.13 Å². The van der Waals surface area contributed by atoms with E-state index in [2.05, 4.69) is 42.0 Å². The third-order valence-corrected chi connectivity index (χ3v) is 4.96. The van der Waals surface area contributed by atoms with Crippen molar-refractivity contribution in [2.75, 3.05) is 23.3 Å². The second-order valence-corrected chi connectivity index (χ2v) is 6.69. The molecule has 0 aliphatic heterocycles. The van der Waals surface area contributed by atoms with E-state index in [1.165, 1.54) is 16.9 Å². The Morgan fingerprint density at radius 2 is 1.83 bits per heavy atom. The summed E-state index contributed by atoms with van der Waals surface area (Å²) in [5.41, 5.74) is 3.88. The maximum atomic E-state index is 12.4. The molecule has 0 atom stereocenters. The number of thiazole rings is 1. The normalized spacial score (nSPS) is 10.8. The van der Waals surface area contributed by atoms with Crippen LogP contribution in [0, 0.1) is 6.92 Å². The molecular formula is C19H21N3OS. The summed E-state index contributed by atoms with van der Waals surface area (Å²) >= 11 is 1.50. The Morgan fingerprint density at radius 1 is 1.12 bits per heavy atom. The molecule has 0 spiro atoms. The lowest BCUT2D eigenvalue weighted by atomic mass is 10.2. The van der Waals surface area contributed by atoms with Crippen molar-refractivity contribution in [3.8, 4) is 0 Å². The second kappa shape index (κ2) is 7.01. The molecule has 0 fully saturated rings. The number of fused-ring (bicyclic) bond motifs is 1. The van der Waals surface area contributed by atoms with Crippen molar-refractivity contribution in [3.63, 3.8) is 0 Å². The van der Waals surface area contributed by atoms with Gasteiger partial charge in [-0.25, -0.2) is 4.98 Å². The Kier molecular flexibility index (Phi) is 4.81. The van der Waals surface area contributed by atoms with E-state index in [0.717, 1.165) is 29.0 Å². The van der Waals surface area contributed by atoms with Gasteiger partial charge in [0.2, 0.25) is 0 Å². The van der Waals surface area contributed by atoms with Crippen molar-refractivity contribution in [1.82, 2.24) is 4.98 Å². The van der Waals surface area contributed by atoms with Gasteiger partial charge in [-0.3, -0.25) is 10.1 Å². The Labute approximate surface area is 146 Å². The van der Waals surface area contributed by atoms with Crippen molar-refractivity contribution < 1.29 is 4.79 Å². The van der Waals surface area contributed by atoms with Gasteiger partial charge in [-0.2, -0.15) is 0 Å². The highest BCUT2D eigenvalue weighted by Crippen LogP contribution is 2.27. The summed E-state index contributed by atoms with van der Waals surface area (Å²) in [6, 6.07) is 13.8. The number of hydrogen-bond donors (Lipinski definition) is 1. The van der Waals surface area contributed by atoms with Crippen molar-refractivity contribution in [2.45, 2.75) is 20.8 Å². The maximum Gasteiger partial charge on any atom is 0.257 e. The zero-order valence-corrected chi connectivity index (χ0v) is 15.0. The van der Waals surface area contributed by atoms with E-state index >= 15 is 0 Å². The SMILES string of the molecule is CCN(CC)c1ccc(C(=O)Nc2nc3ccc(C)cc3s2)cc1. The molecule has 24 heavy (non-hydrogen) atoms. The average molecular weight is 339 g/mol. The standard InChI is InChI=1S/C19H21N3OS/c1-4-22(5-2)15-9-7-14(8-10-15)18(23)21-19-20-16-11-6-13(3)12-17(16)24-19/h6-12H,4-5H2,1-3H3,(H,20,21,23). The highest BCUT2D eigenvalue weighted by Gasteiger charge is 2.11. The van der Waals surface area contributed by atoms with Crippen molar-refractivity contribution >= 4 is 38.3 Å². The minimum absolute atomic E-state index is 0.128. The van der Waals surface area contributed by atoms with Crippen LogP contribution in [0.3, 0.4) is 0 Å². The predicted octanol–water partition coefficient (Wildman–Crippen LogP) is 4.70. The van der Waals surface area contributed by atoms with Crippen LogP contribution in [-0.4, -0.2) is 24.0 Å². The maximum absolute atomic E-state index is 12.4. The quantitative estimate of drug-likeness (QED) is 0.732. The minimum atomic E-state index is -0.128. The van der Waals surface area contributed by atoms with E-state index in [1.54, 1.807) is 0 Å². The Balaban J connectivity index is 1.76. The third kappa shape index (κ3) is 3.41. The van der Waals surface area contributed by atoms with Crippen molar-refractivity contribution in [1.29, 1.82) is 0 Å². The van der Waals surface area contributed by atoms with Gasteiger partial charge in [0.25, 0.3) is 5.91 Å². The third-order valence-electron chi connectivity index (χ3n) is 4.02. The summed E-state index contributed by atoms with van der Waals surface area (Å²) < 4.78 is 1.09. The Hall–Kier alpha value is -2.40. The van der Waals surface area contributed by atoms with Gasteiger partial charge in [-0.15, -0.1) is 0 Å². The Morgan fingerprint density at radius 3 is 2.50 bits per heavy atom. The molecule has 0 radical (unpaired) electrons. The summed E-state index contributed by atoms with van der Waals surface area (Å²) in [7, 11) is 0. The topological polar surface area (TPSA) is 45.2 Å². The first kappa shape index (κ1) is 16.5. The Bertz CT molecular complexity index is 851. The van der Waals surface area contributed by atoms with Crippen LogP contribution in [0.25, 0.3) is 10.2 Å². The number of benzene rings is 2. The first-order valence-electron chi connectivity index (χ1n) is 8.14. The van der Waals surface area contributed by atoms with Gasteiger partial charge in [-0.05, 0) is 62.7 Å². The molecular weight excluding hydrogens is 318 g/mol. The van der Waals surface area contributed by atoms with Crippen LogP contribution in [0.2, 0.25) is 0 Å². The number of amides is 1. The van der Waals surface area contributed by atoms with Crippen LogP contribution >= 0.6 is 11.3 Å². The number of carbonyl (C=O) groups excluding carboxylic acids is 1. The summed E-state index contributed by atoms with van der Waals surface area (Å²) in [4.78, 5) is 19.1. The monoisotopic (exact) mass is 339 g/mol. The van der Waals surface area contributed by atoms with E-state index in [0.29, 0.717) is 10.7 Å². The van der Waals surface area contributed by atoms with Crippen LogP contribution in [0.4, 0.5) is 10.8 Å². The fourth-order valence-corrected chi connectivity index (χ4v) is 3.63. The molecule has 1 N–H and O–H groups in total. The molecule has 1 amide bonds. The molecule has 0 aliphatic carbocycles. The summed E-state index contributed by atoms with van der Waals surface area (Å²) in [6.45, 7) is 8.20. The summed E-state index contributed by atoms with van der Waals surface area (Å²) in [5.74, 6) is -0.128. The van der Waals surface area contributed by atoms with Crippen molar-refractivity contribution in [2.24, 2.45) is 0 Å². The largest absolute Gasteiger partial charge is 0.372 e. The number of anilines is 2. The molecule has 1 aromatic heterocycles. The van der Waals surface area contributed by atoms with Crippen LogP contribution in [0.15, 0.2) is 42.5 Å². The number of aryl methyl sites for hydroxylation is 1. The number of hydrogen-bond acceptors (Lipinski definition) is 4. The van der Waals surface area contributed by atoms with Crippen LogP contribution in [0.5, 0.6) is 0 Å². The van der Waals surface area contributed by atoms with E-state index in [4.69, 9.17) is 0 Å². The molecule has 3 aromatic rings. The molecule has 0 saturated heterocycles. The molecule has 0 unspecified atom stereocenters. The highest BCUT2D eigenvalue weighted by atomic mass is 32.1. The molecule has 0 saturated carbocycles. The summed E-state index contributed by atoms with van der Waals surface area (Å²) in [6.07, 6.45) is 0. The molecule has 4 nitrogen and oxygen atoms in total. The fourth-order valence-electron chi connectivity index (χ4n) is 2.67. The molecule has 0 bridgehead atoms. The molecule has 2 aromatic carbocycles. The van der Waals surface area contributed by atoms with Crippen LogP contribution < -0.4 is 10.2 Å². The van der Waals surface area contributed by atoms with E-state index in [1.807, 2.05) is 36.4 Å². The van der Waals surface area contributed by atoms with Gasteiger partial charge in [0, 0.05) is 24.3 Å². The number of aromatic nitrogens is 1. The molecule has 1 heterocycles. The lowest BCUT2D eigenvalue weighted by molar-refractivity contribution is 0.102. The first-order chi connectivity index (χ1) is 11.6. The molecule has 124 valence electrons. The van der Waals surface area contributed by atoms with Crippen molar-refractivity contribution in [3.05, 3.63) is 53.6 Å². The van der Waals surface area contributed by atoms with Gasteiger partial charge in [-0.1, -0.05) is 17.4 Å². The second-order valence-electron chi connectivity index (χ2n) is 5.66. The minimum Gasteiger partial charge on any atom is -0.372 e. The number of nitrogens with zero attached hydrogens (tertiary/aromatic N) is 2. The van der Waals surface area contributed by atoms with Gasteiger partial charge < -0.3 is 4.90 Å². The van der Waals surface area contributed by atoms with Crippen LogP contribution in [-0.2, 0) is 0 Å². The summed E-state index contributed by atoms with van der Waals surface area (Å²) in [5, 5.41) is 3.53. The van der Waals surface area contributed by atoms with Gasteiger partial charge >= 0.3 is 0 Å².